The number of nitrogens with one attached hydrogen (secondary N) is 1. The zero-order chi connectivity index (χ0) is 27.5. The van der Waals surface area contributed by atoms with Crippen LogP contribution in [0.1, 0.15) is 35.2 Å². The highest BCUT2D eigenvalue weighted by atomic mass is 35.5. The minimum atomic E-state index is -1.03. The van der Waals surface area contributed by atoms with E-state index in [9.17, 15) is 9.59 Å². The van der Waals surface area contributed by atoms with Crippen LogP contribution in [0.3, 0.4) is 0 Å². The lowest BCUT2D eigenvalue weighted by atomic mass is 10.0. The van der Waals surface area contributed by atoms with Crippen molar-refractivity contribution in [3.05, 3.63) is 106 Å². The molecular formula is C30H25ClN2O5. The monoisotopic (exact) mass is 528 g/mol. The van der Waals surface area contributed by atoms with Crippen molar-refractivity contribution in [3.63, 3.8) is 0 Å². The molecule has 3 aromatic carbocycles. The summed E-state index contributed by atoms with van der Waals surface area (Å²) in [5.41, 5.74) is 2.88. The summed E-state index contributed by atoms with van der Waals surface area (Å²) in [5.74, 6) is 5.28. The average molecular weight is 529 g/mol. The molecule has 38 heavy (non-hydrogen) atoms. The van der Waals surface area contributed by atoms with Gasteiger partial charge < -0.3 is 19.5 Å². The fourth-order valence-electron chi connectivity index (χ4n) is 3.33. The first-order valence-corrected chi connectivity index (χ1v) is 11.9. The zero-order valence-electron chi connectivity index (χ0n) is 20.9. The number of rotatable bonds is 9. The predicted octanol–water partition coefficient (Wildman–Crippen LogP) is 5.44. The van der Waals surface area contributed by atoms with Gasteiger partial charge in [0, 0.05) is 27.4 Å². The van der Waals surface area contributed by atoms with Gasteiger partial charge in [0.2, 0.25) is 0 Å². The number of esters is 2. The first-order chi connectivity index (χ1) is 18.3. The van der Waals surface area contributed by atoms with Crippen molar-refractivity contribution in [3.8, 4) is 23.7 Å². The molecule has 0 fully saturated rings. The number of methoxy groups -OCH3 is 1. The highest BCUT2D eigenvalue weighted by Crippen LogP contribution is 2.35. The third kappa shape index (κ3) is 7.64. The summed E-state index contributed by atoms with van der Waals surface area (Å²) < 4.78 is 16.2. The lowest BCUT2D eigenvalue weighted by Gasteiger charge is -2.22. The van der Waals surface area contributed by atoms with E-state index in [4.69, 9.17) is 31.1 Å². The molecule has 0 aliphatic heterocycles. The van der Waals surface area contributed by atoms with E-state index < -0.39 is 18.0 Å². The third-order valence-corrected chi connectivity index (χ3v) is 5.40. The maximum atomic E-state index is 12.9. The Morgan fingerprint density at radius 2 is 1.74 bits per heavy atom. The number of carbonyl (C=O) groups excluding carboxylic acids is 2. The van der Waals surface area contributed by atoms with Crippen LogP contribution >= 0.6 is 11.6 Å². The van der Waals surface area contributed by atoms with Gasteiger partial charge in [-0.2, -0.15) is 5.26 Å². The Hall–Kier alpha value is -4.72. The molecule has 0 aliphatic rings. The van der Waals surface area contributed by atoms with Crippen molar-refractivity contribution in [1.82, 2.24) is 0 Å². The molecule has 0 saturated carbocycles. The Morgan fingerprint density at radius 1 is 1.03 bits per heavy atom. The third-order valence-electron chi connectivity index (χ3n) is 5.18. The number of hydrogen-bond donors (Lipinski definition) is 1. The van der Waals surface area contributed by atoms with E-state index in [2.05, 4.69) is 29.8 Å². The van der Waals surface area contributed by atoms with E-state index in [-0.39, 0.29) is 24.5 Å². The van der Waals surface area contributed by atoms with Crippen molar-refractivity contribution in [2.24, 2.45) is 0 Å². The molecule has 192 valence electrons. The Morgan fingerprint density at radius 3 is 2.37 bits per heavy atom. The minimum absolute atomic E-state index is 0.0154. The van der Waals surface area contributed by atoms with E-state index in [1.165, 1.54) is 7.11 Å². The van der Waals surface area contributed by atoms with Crippen LogP contribution in [0.2, 0.25) is 5.02 Å². The van der Waals surface area contributed by atoms with Gasteiger partial charge in [0.25, 0.3) is 0 Å². The Bertz CT molecular complexity index is 1420. The molecule has 0 heterocycles. The van der Waals surface area contributed by atoms with Gasteiger partial charge in [-0.3, -0.25) is 0 Å². The van der Waals surface area contributed by atoms with Crippen LogP contribution in [0.15, 0.2) is 78.9 Å². The summed E-state index contributed by atoms with van der Waals surface area (Å²) in [6.07, 6.45) is 0. The highest BCUT2D eigenvalue weighted by molar-refractivity contribution is 6.30. The average Bonchev–Trinajstić information content (AvgIpc) is 2.93. The lowest BCUT2D eigenvalue weighted by Crippen LogP contribution is -2.24. The molecule has 7 nitrogen and oxygen atoms in total. The van der Waals surface area contributed by atoms with Crippen molar-refractivity contribution >= 4 is 29.2 Å². The summed E-state index contributed by atoms with van der Waals surface area (Å²) in [7, 11) is 1.27. The number of nitriles is 1. The van der Waals surface area contributed by atoms with Crippen LogP contribution in [-0.4, -0.2) is 32.3 Å². The van der Waals surface area contributed by atoms with E-state index >= 15 is 0 Å². The molecule has 1 N–H and O–H groups in total. The van der Waals surface area contributed by atoms with E-state index in [0.29, 0.717) is 27.4 Å². The van der Waals surface area contributed by atoms with Gasteiger partial charge in [-0.1, -0.05) is 48.2 Å². The molecule has 3 aromatic rings. The molecule has 0 aromatic heterocycles. The number of benzene rings is 3. The van der Waals surface area contributed by atoms with Crippen LogP contribution in [0.5, 0.6) is 5.75 Å². The lowest BCUT2D eigenvalue weighted by molar-refractivity contribution is -0.141. The van der Waals surface area contributed by atoms with Crippen molar-refractivity contribution in [2.75, 3.05) is 25.6 Å². The van der Waals surface area contributed by atoms with Crippen LogP contribution in [0.4, 0.5) is 5.69 Å². The first-order valence-electron chi connectivity index (χ1n) is 11.5. The second kappa shape index (κ2) is 13.5. The number of ether oxygens (including phenoxy) is 3. The SMILES string of the molecule is C=C(C)C(=O)OCCOc1c(C#Cc2ccccc2)cc(Cl)cc1C(Nc1ccc(C#N)cc1)C(=O)OC. The molecule has 0 spiro atoms. The summed E-state index contributed by atoms with van der Waals surface area (Å²) in [6.45, 7) is 5.04. The zero-order valence-corrected chi connectivity index (χ0v) is 21.7. The van der Waals surface area contributed by atoms with Crippen LogP contribution in [0.25, 0.3) is 0 Å². The number of hydrogen-bond acceptors (Lipinski definition) is 7. The van der Waals surface area contributed by atoms with Crippen LogP contribution in [-0.2, 0) is 19.1 Å². The van der Waals surface area contributed by atoms with Gasteiger partial charge in [-0.15, -0.1) is 0 Å². The molecule has 8 heteroatoms. The maximum absolute atomic E-state index is 12.9. The molecule has 1 unspecified atom stereocenters. The summed E-state index contributed by atoms with van der Waals surface area (Å²) in [4.78, 5) is 24.7. The minimum Gasteiger partial charge on any atom is -0.488 e. The van der Waals surface area contributed by atoms with E-state index in [1.807, 2.05) is 30.3 Å². The summed E-state index contributed by atoms with van der Waals surface area (Å²) in [6, 6.07) is 20.2. The first kappa shape index (κ1) is 27.9. The smallest absolute Gasteiger partial charge is 0.333 e. The number of halogens is 1. The molecule has 0 amide bonds. The number of nitrogens with zero attached hydrogens (tertiary/aromatic N) is 1. The van der Waals surface area contributed by atoms with Crippen LogP contribution in [0, 0.1) is 23.2 Å². The molecule has 3 rings (SSSR count). The largest absolute Gasteiger partial charge is 0.488 e. The standard InChI is InChI=1S/C30H25ClN2O5/c1-20(2)29(34)38-16-15-37-28-23(12-9-21-7-5-4-6-8-21)17-24(31)18-26(28)27(30(35)36-3)33-25-13-10-22(19-32)11-14-25/h4-8,10-11,13-14,17-18,27,33H,1,15-16H2,2-3H3. The number of anilines is 1. The van der Waals surface area contributed by atoms with Gasteiger partial charge >= 0.3 is 11.9 Å². The Balaban J connectivity index is 2.04. The predicted molar refractivity (Wildman–Crippen MR) is 145 cm³/mol. The maximum Gasteiger partial charge on any atom is 0.333 e. The molecule has 0 aliphatic carbocycles. The van der Waals surface area contributed by atoms with Crippen molar-refractivity contribution < 1.29 is 23.8 Å². The van der Waals surface area contributed by atoms with Gasteiger partial charge in [0.15, 0.2) is 6.04 Å². The fraction of sp³-hybridized carbons (Fsp3) is 0.167. The van der Waals surface area contributed by atoms with Gasteiger partial charge in [0.05, 0.1) is 24.3 Å². The molecule has 1 atom stereocenters. The van der Waals surface area contributed by atoms with Crippen molar-refractivity contribution in [2.45, 2.75) is 13.0 Å². The molecule has 0 saturated heterocycles. The van der Waals surface area contributed by atoms with E-state index in [0.717, 1.165) is 5.56 Å². The highest BCUT2D eigenvalue weighted by Gasteiger charge is 2.27. The quantitative estimate of drug-likeness (QED) is 0.171. The normalized spacial score (nSPS) is 10.7. The topological polar surface area (TPSA) is 97.6 Å². The van der Waals surface area contributed by atoms with Gasteiger partial charge in [-0.25, -0.2) is 9.59 Å². The second-order valence-corrected chi connectivity index (χ2v) is 8.48. The summed E-state index contributed by atoms with van der Waals surface area (Å²) >= 11 is 6.46. The molecular weight excluding hydrogens is 504 g/mol. The molecule has 0 bridgehead atoms. The van der Waals surface area contributed by atoms with Gasteiger partial charge in [-0.05, 0) is 55.5 Å². The number of carbonyl (C=O) groups is 2. The van der Waals surface area contributed by atoms with E-state index in [1.54, 1.807) is 43.3 Å². The molecule has 0 radical (unpaired) electrons. The van der Waals surface area contributed by atoms with Gasteiger partial charge in [0.1, 0.15) is 19.0 Å². The fourth-order valence-corrected chi connectivity index (χ4v) is 3.56. The Labute approximate surface area is 226 Å². The van der Waals surface area contributed by atoms with Crippen LogP contribution < -0.4 is 10.1 Å². The van der Waals surface area contributed by atoms with Crippen molar-refractivity contribution in [1.29, 1.82) is 5.26 Å². The second-order valence-electron chi connectivity index (χ2n) is 8.04. The summed E-state index contributed by atoms with van der Waals surface area (Å²) in [5, 5.41) is 12.5. The Kier molecular flexibility index (Phi) is 9.93.